The van der Waals surface area contributed by atoms with E-state index >= 15 is 0 Å². The maximum Gasteiger partial charge on any atom is 0.270 e. The van der Waals surface area contributed by atoms with Crippen molar-refractivity contribution in [3.8, 4) is 10.8 Å². The highest BCUT2D eigenvalue weighted by Crippen LogP contribution is 2.33. The number of anilines is 1. The molecule has 0 aromatic carbocycles. The van der Waals surface area contributed by atoms with Crippen LogP contribution in [0.25, 0.3) is 10.8 Å². The first-order valence-electron chi connectivity index (χ1n) is 5.80. The average Bonchev–Trinajstić information content (AvgIpc) is 3.00. The lowest BCUT2D eigenvalue weighted by Gasteiger charge is -1.93. The van der Waals surface area contributed by atoms with Crippen LogP contribution in [-0.2, 0) is 6.42 Å². The Morgan fingerprint density at radius 2 is 2.26 bits per heavy atom. The van der Waals surface area contributed by atoms with Gasteiger partial charge in [0.2, 0.25) is 0 Å². The van der Waals surface area contributed by atoms with Gasteiger partial charge in [-0.3, -0.25) is 4.98 Å². The molecule has 96 valence electrons. The predicted molar refractivity (Wildman–Crippen MR) is 73.8 cm³/mol. The monoisotopic (exact) mass is 272 g/mol. The number of rotatable bonds is 3. The molecule has 0 amide bonds. The van der Waals surface area contributed by atoms with Crippen molar-refractivity contribution in [2.75, 3.05) is 5.73 Å². The number of pyridine rings is 1. The Hall–Kier alpha value is -2.21. The molecule has 0 bridgehead atoms. The molecule has 0 aliphatic rings. The van der Waals surface area contributed by atoms with Crippen molar-refractivity contribution >= 4 is 17.0 Å². The van der Waals surface area contributed by atoms with Gasteiger partial charge in [0.25, 0.3) is 5.89 Å². The highest BCUT2D eigenvalue weighted by Gasteiger charge is 2.15. The number of nitrogen functional groups attached to an aromatic ring is 1. The number of nitrogens with zero attached hydrogens (tertiary/aromatic N) is 3. The van der Waals surface area contributed by atoms with Crippen molar-refractivity contribution in [1.29, 1.82) is 0 Å². The summed E-state index contributed by atoms with van der Waals surface area (Å²) in [6.45, 7) is 1.96. The second-order valence-corrected chi connectivity index (χ2v) is 5.05. The molecule has 0 saturated heterocycles. The molecule has 0 fully saturated rings. The fraction of sp³-hybridized carbons (Fsp3) is 0.154. The summed E-state index contributed by atoms with van der Waals surface area (Å²) in [5.41, 5.74) is 8.61. The highest BCUT2D eigenvalue weighted by molar-refractivity contribution is 7.14. The number of hydrogen-bond donors (Lipinski definition) is 1. The summed E-state index contributed by atoms with van der Waals surface area (Å²) < 4.78 is 5.26. The van der Waals surface area contributed by atoms with Gasteiger partial charge in [-0.05, 0) is 30.0 Å². The molecule has 3 heterocycles. The molecule has 19 heavy (non-hydrogen) atoms. The van der Waals surface area contributed by atoms with Crippen molar-refractivity contribution < 1.29 is 4.52 Å². The standard InChI is InChI=1S/C13H12N4OS/c1-8-7-19-12(11(8)14)13-16-10(17-18-13)6-9-4-2-3-5-15-9/h2-5,7H,6,14H2,1H3. The smallest absolute Gasteiger partial charge is 0.270 e. The fourth-order valence-corrected chi connectivity index (χ4v) is 2.59. The minimum Gasteiger partial charge on any atom is -0.397 e. The summed E-state index contributed by atoms with van der Waals surface area (Å²) in [6, 6.07) is 5.74. The number of nitrogens with two attached hydrogens (primary N) is 1. The van der Waals surface area contributed by atoms with Gasteiger partial charge in [-0.25, -0.2) is 0 Å². The lowest BCUT2D eigenvalue weighted by atomic mass is 10.2. The first-order valence-corrected chi connectivity index (χ1v) is 6.68. The van der Waals surface area contributed by atoms with Gasteiger partial charge < -0.3 is 10.3 Å². The summed E-state index contributed by atoms with van der Waals surface area (Å²) in [5.74, 6) is 1.08. The summed E-state index contributed by atoms with van der Waals surface area (Å²) in [6.07, 6.45) is 2.30. The van der Waals surface area contributed by atoms with Crippen LogP contribution >= 0.6 is 11.3 Å². The van der Waals surface area contributed by atoms with Gasteiger partial charge in [-0.1, -0.05) is 11.2 Å². The van der Waals surface area contributed by atoms with E-state index in [1.807, 2.05) is 30.5 Å². The van der Waals surface area contributed by atoms with Crippen LogP contribution in [-0.4, -0.2) is 15.1 Å². The molecule has 3 aromatic rings. The lowest BCUT2D eigenvalue weighted by Crippen LogP contribution is -1.93. The summed E-state index contributed by atoms with van der Waals surface area (Å²) >= 11 is 1.51. The van der Waals surface area contributed by atoms with E-state index in [1.54, 1.807) is 6.20 Å². The molecule has 0 aliphatic heterocycles. The molecular weight excluding hydrogens is 260 g/mol. The molecule has 2 N–H and O–H groups in total. The Bertz CT molecular complexity index is 690. The van der Waals surface area contributed by atoms with E-state index in [9.17, 15) is 0 Å². The third-order valence-electron chi connectivity index (χ3n) is 2.75. The van der Waals surface area contributed by atoms with E-state index in [2.05, 4.69) is 15.1 Å². The maximum atomic E-state index is 5.97. The highest BCUT2D eigenvalue weighted by atomic mass is 32.1. The molecular formula is C13H12N4OS. The first-order chi connectivity index (χ1) is 9.24. The normalized spacial score (nSPS) is 10.8. The van der Waals surface area contributed by atoms with Crippen molar-refractivity contribution in [3.63, 3.8) is 0 Å². The van der Waals surface area contributed by atoms with Gasteiger partial charge in [0, 0.05) is 11.9 Å². The lowest BCUT2D eigenvalue weighted by molar-refractivity contribution is 0.424. The van der Waals surface area contributed by atoms with Crippen molar-refractivity contribution in [2.24, 2.45) is 0 Å². The van der Waals surface area contributed by atoms with Crippen LogP contribution in [0.3, 0.4) is 0 Å². The topological polar surface area (TPSA) is 77.8 Å². The Morgan fingerprint density at radius 3 is 2.95 bits per heavy atom. The second-order valence-electron chi connectivity index (χ2n) is 4.18. The van der Waals surface area contributed by atoms with Crippen LogP contribution in [0.15, 0.2) is 34.3 Å². The molecule has 6 heteroatoms. The molecule has 0 aliphatic carbocycles. The first kappa shape index (κ1) is 11.9. The van der Waals surface area contributed by atoms with Gasteiger partial charge in [0.05, 0.1) is 12.1 Å². The molecule has 0 atom stereocenters. The second kappa shape index (κ2) is 4.81. The fourth-order valence-electron chi connectivity index (χ4n) is 1.70. The van der Waals surface area contributed by atoms with E-state index in [0.29, 0.717) is 23.8 Å². The van der Waals surface area contributed by atoms with Gasteiger partial charge in [-0.15, -0.1) is 11.3 Å². The van der Waals surface area contributed by atoms with Crippen molar-refractivity contribution in [2.45, 2.75) is 13.3 Å². The van der Waals surface area contributed by atoms with Gasteiger partial charge in [-0.2, -0.15) is 4.98 Å². The van der Waals surface area contributed by atoms with E-state index < -0.39 is 0 Å². The van der Waals surface area contributed by atoms with E-state index in [4.69, 9.17) is 10.3 Å². The van der Waals surface area contributed by atoms with E-state index in [-0.39, 0.29) is 0 Å². The summed E-state index contributed by atoms with van der Waals surface area (Å²) in [7, 11) is 0. The van der Waals surface area contributed by atoms with E-state index in [0.717, 1.165) is 16.1 Å². The van der Waals surface area contributed by atoms with Gasteiger partial charge in [0.15, 0.2) is 5.82 Å². The number of thiophene rings is 1. The van der Waals surface area contributed by atoms with Crippen LogP contribution in [0.1, 0.15) is 17.1 Å². The molecule has 5 nitrogen and oxygen atoms in total. The quantitative estimate of drug-likeness (QED) is 0.793. The predicted octanol–water partition coefficient (Wildman–Crippen LogP) is 2.67. The largest absolute Gasteiger partial charge is 0.397 e. The van der Waals surface area contributed by atoms with Crippen LogP contribution in [0.4, 0.5) is 5.69 Å². The van der Waals surface area contributed by atoms with Crippen molar-refractivity contribution in [1.82, 2.24) is 15.1 Å². The molecule has 0 unspecified atom stereocenters. The number of aryl methyl sites for hydroxylation is 1. The Kier molecular flexibility index (Phi) is 3.00. The van der Waals surface area contributed by atoms with Gasteiger partial charge >= 0.3 is 0 Å². The number of hydrogen-bond acceptors (Lipinski definition) is 6. The Labute approximate surface area is 114 Å². The number of aromatic nitrogens is 3. The SMILES string of the molecule is Cc1csc(-c2nc(Cc3ccccn3)no2)c1N. The summed E-state index contributed by atoms with van der Waals surface area (Å²) in [4.78, 5) is 9.43. The Balaban J connectivity index is 1.86. The van der Waals surface area contributed by atoms with Crippen molar-refractivity contribution in [3.05, 3.63) is 46.9 Å². The molecule has 3 rings (SSSR count). The van der Waals surface area contributed by atoms with E-state index in [1.165, 1.54) is 11.3 Å². The molecule has 0 spiro atoms. The zero-order valence-corrected chi connectivity index (χ0v) is 11.1. The van der Waals surface area contributed by atoms with Crippen LogP contribution in [0.5, 0.6) is 0 Å². The molecule has 0 radical (unpaired) electrons. The third kappa shape index (κ3) is 2.34. The van der Waals surface area contributed by atoms with Gasteiger partial charge in [0.1, 0.15) is 4.88 Å². The van der Waals surface area contributed by atoms with Crippen LogP contribution in [0, 0.1) is 6.92 Å². The minimum atomic E-state index is 0.474. The maximum absolute atomic E-state index is 5.97. The zero-order chi connectivity index (χ0) is 13.2. The van der Waals surface area contributed by atoms with Crippen LogP contribution in [0.2, 0.25) is 0 Å². The average molecular weight is 272 g/mol. The molecule has 3 aromatic heterocycles. The molecule has 0 saturated carbocycles. The third-order valence-corrected chi connectivity index (χ3v) is 3.85. The Morgan fingerprint density at radius 1 is 1.37 bits per heavy atom. The minimum absolute atomic E-state index is 0.474. The zero-order valence-electron chi connectivity index (χ0n) is 10.3. The summed E-state index contributed by atoms with van der Waals surface area (Å²) in [5, 5.41) is 5.94. The van der Waals surface area contributed by atoms with Crippen LogP contribution < -0.4 is 5.73 Å².